The third-order valence-corrected chi connectivity index (χ3v) is 19.2. The van der Waals surface area contributed by atoms with Crippen LogP contribution < -0.4 is 0 Å². The number of aliphatic hydroxyl groups is 9. The van der Waals surface area contributed by atoms with E-state index >= 15 is 0 Å². The Morgan fingerprint density at radius 2 is 1.43 bits per heavy atom. The molecule has 69 heavy (non-hydrogen) atoms. The highest BCUT2D eigenvalue weighted by Crippen LogP contribution is 2.76. The maximum Gasteiger partial charge on any atom is 0.338 e. The number of hydrogen-bond acceptors (Lipinski definition) is 19. The van der Waals surface area contributed by atoms with Crippen molar-refractivity contribution in [1.82, 2.24) is 0 Å². The Balaban J connectivity index is 1.14. The molecule has 20 nitrogen and oxygen atoms in total. The van der Waals surface area contributed by atoms with Gasteiger partial charge in [0.1, 0.15) is 72.7 Å². The zero-order valence-corrected chi connectivity index (χ0v) is 40.7. The molecule has 0 amide bonds. The van der Waals surface area contributed by atoms with Crippen molar-refractivity contribution in [3.63, 3.8) is 0 Å². The molecule has 4 saturated carbocycles. The number of allylic oxidation sites excluding steroid dienone is 2. The molecule has 5 aliphatic carbocycles. The molecule has 0 aromatic carbocycles. The number of aldehydes is 1. The Hall–Kier alpha value is -2.25. The fourth-order valence-electron chi connectivity index (χ4n) is 15.0. The Bertz CT molecular complexity index is 1950. The van der Waals surface area contributed by atoms with E-state index in [1.54, 1.807) is 6.92 Å². The van der Waals surface area contributed by atoms with Crippen molar-refractivity contribution in [1.29, 1.82) is 0 Å². The monoisotopic (exact) mass is 984 g/mol. The van der Waals surface area contributed by atoms with E-state index in [4.69, 9.17) is 33.2 Å². The normalized spacial score (nSPS) is 52.8. The second-order valence-corrected chi connectivity index (χ2v) is 23.2. The molecule has 0 radical (unpaired) electrons. The zero-order valence-electron chi connectivity index (χ0n) is 40.7. The number of fused-ring (bicyclic) bond motifs is 7. The van der Waals surface area contributed by atoms with Crippen LogP contribution in [0.2, 0.25) is 0 Å². The molecule has 0 spiro atoms. The van der Waals surface area contributed by atoms with Crippen LogP contribution in [0.1, 0.15) is 106 Å². The summed E-state index contributed by atoms with van der Waals surface area (Å²) in [5.41, 5.74) is -3.01. The molecular formula is C49H76O20. The van der Waals surface area contributed by atoms with Crippen LogP contribution in [0.5, 0.6) is 0 Å². The molecule has 0 bridgehead atoms. The standard InChI is InChI=1S/C49H76O20/c1-8-63-39(60)37-35(59)36(67-40-33(57)30(54)24(52)20-64-40)38(69-41-34(58)32(56)31(55)25(19-50)65-41)42(68-37)66-29-12-13-45(4)26(46(29,5)21-51)11-14-47(6)27(45)10-9-22-23-17-44(2,3)15-16-49(23,43(61)62)28(53)18-48(22,47)7/h9,21,23-38,40-42,50,52-59H,8,10-20H2,1-7H3,(H,61,62)/t23-,24+,25+,26+,27+,28+,29-,30-,31-,32-,33+,34+,35-,36-,37-,38+,40-,41-,42+,45-,46-,47+,48+,49+/m0/s1. The molecule has 3 saturated heterocycles. The molecular weight excluding hydrogens is 909 g/mol. The molecule has 10 N–H and O–H groups in total. The Morgan fingerprint density at radius 1 is 0.754 bits per heavy atom. The number of hydrogen-bond donors (Lipinski definition) is 10. The van der Waals surface area contributed by atoms with Gasteiger partial charge in [0.05, 0.1) is 37.4 Å². The summed E-state index contributed by atoms with van der Waals surface area (Å²) in [5.74, 6) is -2.68. The Labute approximate surface area is 402 Å². The van der Waals surface area contributed by atoms with Crippen molar-refractivity contribution >= 4 is 18.2 Å². The topological polar surface area (TPSA) is 318 Å². The third-order valence-electron chi connectivity index (χ3n) is 19.2. The van der Waals surface area contributed by atoms with Gasteiger partial charge in [-0.1, -0.05) is 53.2 Å². The van der Waals surface area contributed by atoms with Gasteiger partial charge in [-0.05, 0) is 104 Å². The number of rotatable bonds is 11. The van der Waals surface area contributed by atoms with E-state index in [2.05, 4.69) is 40.7 Å². The van der Waals surface area contributed by atoms with Gasteiger partial charge in [0.15, 0.2) is 25.0 Å². The fourth-order valence-corrected chi connectivity index (χ4v) is 15.0. The second-order valence-electron chi connectivity index (χ2n) is 23.2. The van der Waals surface area contributed by atoms with Gasteiger partial charge in [0.25, 0.3) is 0 Å². The van der Waals surface area contributed by atoms with E-state index in [0.717, 1.165) is 11.9 Å². The molecule has 7 fully saturated rings. The predicted octanol–water partition coefficient (Wildman–Crippen LogP) is 0.0659. The Morgan fingerprint density at radius 3 is 2.09 bits per heavy atom. The van der Waals surface area contributed by atoms with E-state index in [1.165, 1.54) is 6.92 Å². The van der Waals surface area contributed by atoms with Crippen LogP contribution in [0.3, 0.4) is 0 Å². The highest BCUT2D eigenvalue weighted by molar-refractivity contribution is 5.78. The van der Waals surface area contributed by atoms with Crippen LogP contribution in [0.25, 0.3) is 0 Å². The number of carboxylic acid groups (broad SMARTS) is 1. The van der Waals surface area contributed by atoms with Gasteiger partial charge in [-0.3, -0.25) is 4.79 Å². The first kappa shape index (κ1) is 53.1. The molecule has 392 valence electrons. The van der Waals surface area contributed by atoms with Crippen molar-refractivity contribution in [2.75, 3.05) is 19.8 Å². The fraction of sp³-hybridized carbons (Fsp3) is 0.898. The van der Waals surface area contributed by atoms with Crippen molar-refractivity contribution < 1.29 is 98.6 Å². The minimum Gasteiger partial charge on any atom is -0.481 e. The van der Waals surface area contributed by atoms with E-state index in [-0.39, 0.29) is 36.2 Å². The number of ether oxygens (including phenoxy) is 7. The van der Waals surface area contributed by atoms with Crippen LogP contribution >= 0.6 is 0 Å². The maximum atomic E-state index is 13.9. The highest BCUT2D eigenvalue weighted by Gasteiger charge is 2.72. The minimum atomic E-state index is -2.01. The summed E-state index contributed by atoms with van der Waals surface area (Å²) in [6, 6.07) is 0. The molecule has 0 aromatic heterocycles. The maximum absolute atomic E-state index is 13.9. The second kappa shape index (κ2) is 18.9. The predicted molar refractivity (Wildman–Crippen MR) is 236 cm³/mol. The largest absolute Gasteiger partial charge is 0.481 e. The van der Waals surface area contributed by atoms with Crippen LogP contribution in [0.4, 0.5) is 0 Å². The lowest BCUT2D eigenvalue weighted by molar-refractivity contribution is -0.391. The van der Waals surface area contributed by atoms with Crippen LogP contribution in [-0.2, 0) is 47.5 Å². The summed E-state index contributed by atoms with van der Waals surface area (Å²) in [6.07, 6.45) is -19.5. The molecule has 8 aliphatic rings. The van der Waals surface area contributed by atoms with Gasteiger partial charge in [-0.25, -0.2) is 4.79 Å². The summed E-state index contributed by atoms with van der Waals surface area (Å²) in [6.45, 7) is 12.9. The van der Waals surface area contributed by atoms with Crippen LogP contribution in [-0.4, -0.2) is 187 Å². The molecule has 3 aliphatic heterocycles. The average molecular weight is 985 g/mol. The summed E-state index contributed by atoms with van der Waals surface area (Å²) >= 11 is 0. The first-order valence-electron chi connectivity index (χ1n) is 24.8. The van der Waals surface area contributed by atoms with Crippen molar-refractivity contribution in [2.45, 2.75) is 204 Å². The third kappa shape index (κ3) is 8.27. The SMILES string of the molecule is CCOC(=O)[C@H]1O[C@@H](O[C@H]2CC[C@]3(C)[C@H]4CC=C5[C@@H]6CC(C)(C)CC[C@]6(C(=O)O)[C@H](O)C[C@@]5(C)[C@]4(C)CC[C@H]3[C@]2(C)C=O)[C@H](O[C@@H]2O[C@H](CO)[C@H](O)[C@H](O)[C@H]2O)[C@@H](O[C@@H]2OC[C@@H](O)[C@H](O)[C@H]2O)[C@@H]1O. The molecule has 0 aromatic rings. The summed E-state index contributed by atoms with van der Waals surface area (Å²) in [4.78, 5) is 40.7. The minimum absolute atomic E-state index is 0.0102. The van der Waals surface area contributed by atoms with Gasteiger partial charge in [-0.2, -0.15) is 0 Å². The lowest BCUT2D eigenvalue weighted by atomic mass is 9.33. The van der Waals surface area contributed by atoms with Gasteiger partial charge in [0.2, 0.25) is 0 Å². The van der Waals surface area contributed by atoms with E-state index in [0.29, 0.717) is 51.4 Å². The molecule has 24 atom stereocenters. The first-order valence-corrected chi connectivity index (χ1v) is 24.8. The van der Waals surface area contributed by atoms with Crippen LogP contribution in [0, 0.1) is 50.2 Å². The Kier molecular flexibility index (Phi) is 14.5. The van der Waals surface area contributed by atoms with Crippen molar-refractivity contribution in [2.24, 2.45) is 50.2 Å². The van der Waals surface area contributed by atoms with Crippen molar-refractivity contribution in [3.05, 3.63) is 11.6 Å². The average Bonchev–Trinajstić information content (AvgIpc) is 3.29. The van der Waals surface area contributed by atoms with Gasteiger partial charge >= 0.3 is 11.9 Å². The molecule has 20 heteroatoms. The summed E-state index contributed by atoms with van der Waals surface area (Å²) in [7, 11) is 0. The molecule has 0 unspecified atom stereocenters. The first-order chi connectivity index (χ1) is 32.3. The molecule has 8 rings (SSSR count). The number of carbonyl (C=O) groups is 3. The van der Waals surface area contributed by atoms with Crippen molar-refractivity contribution in [3.8, 4) is 0 Å². The number of aliphatic hydroxyl groups excluding tert-OH is 9. The zero-order chi connectivity index (χ0) is 50.6. The highest BCUT2D eigenvalue weighted by atomic mass is 16.8. The van der Waals surface area contributed by atoms with E-state index in [9.17, 15) is 65.4 Å². The number of carboxylic acids is 1. The summed E-state index contributed by atoms with van der Waals surface area (Å²) in [5, 5.41) is 109. The van der Waals surface area contributed by atoms with Gasteiger partial charge in [0, 0.05) is 0 Å². The number of carbonyl (C=O) groups excluding carboxylic acids is 2. The van der Waals surface area contributed by atoms with Crippen LogP contribution in [0.15, 0.2) is 11.6 Å². The van der Waals surface area contributed by atoms with Gasteiger partial charge in [-0.15, -0.1) is 0 Å². The number of esters is 1. The lowest BCUT2D eigenvalue weighted by Crippen LogP contribution is -2.69. The lowest BCUT2D eigenvalue weighted by Gasteiger charge is -2.71. The van der Waals surface area contributed by atoms with E-state index in [1.807, 2.05) is 0 Å². The number of aliphatic carboxylic acids is 1. The van der Waals surface area contributed by atoms with Gasteiger partial charge < -0.3 is 89.0 Å². The quantitative estimate of drug-likeness (QED) is 0.0567. The summed E-state index contributed by atoms with van der Waals surface area (Å²) < 4.78 is 41.9. The van der Waals surface area contributed by atoms with E-state index < -0.39 is 150 Å². The smallest absolute Gasteiger partial charge is 0.338 e. The molecule has 3 heterocycles.